The number of carboxylic acids is 1. The van der Waals surface area contributed by atoms with Crippen molar-refractivity contribution in [1.82, 2.24) is 30.9 Å². The van der Waals surface area contributed by atoms with Crippen molar-refractivity contribution in [3.63, 3.8) is 0 Å². The third-order valence-corrected chi connectivity index (χ3v) is 5.92. The van der Waals surface area contributed by atoms with Gasteiger partial charge in [0, 0.05) is 41.8 Å². The molecule has 38 heavy (non-hydrogen) atoms. The number of rotatable bonds is 13. The SMILES string of the molecule is CC(O)C(NC(=O)C(N)CO)C(=O)NC(Cc1cnc[nH]1)C(=O)NC(Cc1c[nH]c2ccccc12)C(=O)O. The number of aliphatic hydroxyl groups excluding tert-OH is 2. The summed E-state index contributed by atoms with van der Waals surface area (Å²) >= 11 is 0. The van der Waals surface area contributed by atoms with Crippen molar-refractivity contribution in [2.75, 3.05) is 6.61 Å². The third-order valence-electron chi connectivity index (χ3n) is 5.92. The number of aromatic amines is 2. The minimum Gasteiger partial charge on any atom is -0.480 e. The van der Waals surface area contributed by atoms with Crippen LogP contribution < -0.4 is 21.7 Å². The van der Waals surface area contributed by atoms with E-state index in [-0.39, 0.29) is 12.8 Å². The van der Waals surface area contributed by atoms with E-state index in [1.807, 2.05) is 24.3 Å². The number of aromatic nitrogens is 3. The van der Waals surface area contributed by atoms with Crippen LogP contribution in [0.4, 0.5) is 0 Å². The first-order valence-electron chi connectivity index (χ1n) is 11.8. The number of aliphatic hydroxyl groups is 2. The van der Waals surface area contributed by atoms with Gasteiger partial charge in [-0.3, -0.25) is 14.4 Å². The van der Waals surface area contributed by atoms with E-state index in [2.05, 4.69) is 30.9 Å². The first-order chi connectivity index (χ1) is 18.1. The summed E-state index contributed by atoms with van der Waals surface area (Å²) in [7, 11) is 0. The van der Waals surface area contributed by atoms with E-state index >= 15 is 0 Å². The summed E-state index contributed by atoms with van der Waals surface area (Å²) < 4.78 is 0. The Bertz CT molecular complexity index is 1260. The summed E-state index contributed by atoms with van der Waals surface area (Å²) in [6.07, 6.45) is 2.98. The number of carbonyl (C=O) groups is 4. The Kier molecular flexibility index (Phi) is 9.54. The molecule has 0 spiro atoms. The Balaban J connectivity index is 1.78. The quantitative estimate of drug-likeness (QED) is 0.118. The number of carbonyl (C=O) groups excluding carboxylic acids is 3. The normalized spacial score (nSPS) is 15.2. The predicted octanol–water partition coefficient (Wildman–Crippen LogP) is -2.08. The van der Waals surface area contributed by atoms with Crippen molar-refractivity contribution in [1.29, 1.82) is 0 Å². The topological polar surface area (TPSA) is 236 Å². The number of nitrogens with zero attached hydrogens (tertiary/aromatic N) is 1. The van der Waals surface area contributed by atoms with Gasteiger partial charge in [-0.25, -0.2) is 9.78 Å². The van der Waals surface area contributed by atoms with Gasteiger partial charge in [0.2, 0.25) is 17.7 Å². The Morgan fingerprint density at radius 1 is 1.00 bits per heavy atom. The highest BCUT2D eigenvalue weighted by atomic mass is 16.4. The summed E-state index contributed by atoms with van der Waals surface area (Å²) in [6, 6.07) is 1.88. The van der Waals surface area contributed by atoms with Gasteiger partial charge in [0.25, 0.3) is 0 Å². The lowest BCUT2D eigenvalue weighted by Crippen LogP contribution is -2.60. The van der Waals surface area contributed by atoms with E-state index in [0.717, 1.165) is 10.9 Å². The molecule has 2 heterocycles. The molecular formula is C24H31N7O7. The van der Waals surface area contributed by atoms with E-state index in [0.29, 0.717) is 11.3 Å². The average molecular weight is 530 g/mol. The molecule has 3 rings (SSSR count). The molecule has 0 aliphatic rings. The van der Waals surface area contributed by atoms with Crippen LogP contribution in [-0.2, 0) is 32.0 Å². The summed E-state index contributed by atoms with van der Waals surface area (Å²) in [5.41, 5.74) is 7.43. The molecule has 0 bridgehead atoms. The van der Waals surface area contributed by atoms with Gasteiger partial charge in [0.15, 0.2) is 0 Å². The second-order valence-corrected chi connectivity index (χ2v) is 8.82. The predicted molar refractivity (Wildman–Crippen MR) is 134 cm³/mol. The number of nitrogens with one attached hydrogen (secondary N) is 5. The van der Waals surface area contributed by atoms with E-state index in [9.17, 15) is 29.4 Å². The van der Waals surface area contributed by atoms with E-state index < -0.39 is 60.6 Å². The minimum atomic E-state index is -1.50. The fourth-order valence-corrected chi connectivity index (χ4v) is 3.83. The van der Waals surface area contributed by atoms with Crippen LogP contribution in [-0.4, -0.2) is 90.8 Å². The Hall–Kier alpha value is -4.27. The number of imidazole rings is 1. The highest BCUT2D eigenvalue weighted by molar-refractivity contribution is 5.94. The van der Waals surface area contributed by atoms with Crippen LogP contribution in [0.3, 0.4) is 0 Å². The molecule has 3 aromatic rings. The number of para-hydroxylation sites is 1. The number of amides is 3. The molecule has 3 amide bonds. The molecule has 0 saturated heterocycles. The number of carboxylic acid groups (broad SMARTS) is 1. The van der Waals surface area contributed by atoms with Gasteiger partial charge >= 0.3 is 5.97 Å². The van der Waals surface area contributed by atoms with Crippen LogP contribution in [0, 0.1) is 0 Å². The zero-order valence-electron chi connectivity index (χ0n) is 20.5. The van der Waals surface area contributed by atoms with Crippen LogP contribution in [0.5, 0.6) is 0 Å². The smallest absolute Gasteiger partial charge is 0.326 e. The largest absolute Gasteiger partial charge is 0.480 e. The van der Waals surface area contributed by atoms with Gasteiger partial charge in [-0.2, -0.15) is 0 Å². The number of H-pyrrole nitrogens is 2. The molecule has 0 fully saturated rings. The lowest BCUT2D eigenvalue weighted by Gasteiger charge is -2.26. The number of benzene rings is 1. The molecule has 5 atom stereocenters. The van der Waals surface area contributed by atoms with Crippen molar-refractivity contribution >= 4 is 34.6 Å². The van der Waals surface area contributed by atoms with Gasteiger partial charge < -0.3 is 47.0 Å². The van der Waals surface area contributed by atoms with Crippen molar-refractivity contribution in [3.8, 4) is 0 Å². The number of hydrogen-bond acceptors (Lipinski definition) is 8. The maximum atomic E-state index is 13.2. The zero-order chi connectivity index (χ0) is 27.8. The van der Waals surface area contributed by atoms with E-state index in [1.54, 1.807) is 6.20 Å². The van der Waals surface area contributed by atoms with Crippen molar-refractivity contribution in [2.45, 2.75) is 50.0 Å². The molecule has 1 aromatic carbocycles. The molecule has 0 aliphatic carbocycles. The lowest BCUT2D eigenvalue weighted by atomic mass is 10.0. The van der Waals surface area contributed by atoms with Gasteiger partial charge in [0.05, 0.1) is 19.0 Å². The van der Waals surface area contributed by atoms with Crippen LogP contribution in [0.25, 0.3) is 10.9 Å². The third kappa shape index (κ3) is 7.15. The standard InChI is InChI=1S/C24H31N7O7/c1-12(33)20(31-21(34)16(25)10-32)23(36)29-18(7-14-9-26-11-28-14)22(35)30-19(24(37)38)6-13-8-27-17-5-3-2-4-15(13)17/h2-5,8-9,11-12,16,18-20,27,32-33H,6-7,10,25H2,1H3,(H,26,28)(H,29,36)(H,30,35)(H,31,34)(H,37,38). The molecule has 10 N–H and O–H groups in total. The molecule has 5 unspecified atom stereocenters. The molecule has 14 heteroatoms. The van der Waals surface area contributed by atoms with Crippen molar-refractivity contribution in [2.24, 2.45) is 5.73 Å². The maximum Gasteiger partial charge on any atom is 0.326 e. The van der Waals surface area contributed by atoms with Crippen LogP contribution >= 0.6 is 0 Å². The van der Waals surface area contributed by atoms with Crippen molar-refractivity contribution < 1.29 is 34.5 Å². The van der Waals surface area contributed by atoms with Crippen molar-refractivity contribution in [3.05, 3.63) is 54.2 Å². The molecule has 0 radical (unpaired) electrons. The van der Waals surface area contributed by atoms with Crippen LogP contribution in [0.15, 0.2) is 43.0 Å². The zero-order valence-corrected chi connectivity index (χ0v) is 20.5. The minimum absolute atomic E-state index is 0.0266. The molecule has 0 saturated carbocycles. The summed E-state index contributed by atoms with van der Waals surface area (Å²) in [5.74, 6) is -3.88. The maximum absolute atomic E-state index is 13.2. The fraction of sp³-hybridized carbons (Fsp3) is 0.375. The Labute approximate surface area is 217 Å². The fourth-order valence-electron chi connectivity index (χ4n) is 3.83. The van der Waals surface area contributed by atoms with Gasteiger partial charge in [-0.05, 0) is 18.6 Å². The van der Waals surface area contributed by atoms with Gasteiger partial charge in [-0.1, -0.05) is 18.2 Å². The second kappa shape index (κ2) is 12.8. The number of aliphatic carboxylic acids is 1. The summed E-state index contributed by atoms with van der Waals surface area (Å²) in [5, 5.41) is 36.9. The average Bonchev–Trinajstić information content (AvgIpc) is 3.55. The number of fused-ring (bicyclic) bond motifs is 1. The first-order valence-corrected chi connectivity index (χ1v) is 11.8. The number of hydrogen-bond donors (Lipinski definition) is 9. The summed E-state index contributed by atoms with van der Waals surface area (Å²) in [6.45, 7) is 0.568. The first kappa shape index (κ1) is 28.3. The summed E-state index contributed by atoms with van der Waals surface area (Å²) in [4.78, 5) is 60.1. The lowest BCUT2D eigenvalue weighted by molar-refractivity contribution is -0.142. The van der Waals surface area contributed by atoms with Gasteiger partial charge in [-0.15, -0.1) is 0 Å². The number of nitrogens with two attached hydrogens (primary N) is 1. The van der Waals surface area contributed by atoms with Gasteiger partial charge in [0.1, 0.15) is 24.2 Å². The molecule has 2 aromatic heterocycles. The van der Waals surface area contributed by atoms with Crippen LogP contribution in [0.1, 0.15) is 18.2 Å². The highest BCUT2D eigenvalue weighted by Gasteiger charge is 2.33. The monoisotopic (exact) mass is 529 g/mol. The van der Waals surface area contributed by atoms with E-state index in [4.69, 9.17) is 10.8 Å². The second-order valence-electron chi connectivity index (χ2n) is 8.82. The molecule has 14 nitrogen and oxygen atoms in total. The Morgan fingerprint density at radius 3 is 2.34 bits per heavy atom. The molecule has 0 aliphatic heterocycles. The molecule has 204 valence electrons. The van der Waals surface area contributed by atoms with E-state index in [1.165, 1.54) is 19.4 Å². The molecular weight excluding hydrogens is 498 g/mol. The van der Waals surface area contributed by atoms with Crippen LogP contribution in [0.2, 0.25) is 0 Å². The Morgan fingerprint density at radius 2 is 1.71 bits per heavy atom. The highest BCUT2D eigenvalue weighted by Crippen LogP contribution is 2.19.